The molecule has 2 aromatic carbocycles. The number of nitrogen functional groups attached to an aromatic ring is 1. The van der Waals surface area contributed by atoms with Crippen molar-refractivity contribution in [3.05, 3.63) is 47.2 Å². The molecule has 0 aliphatic carbocycles. The molecule has 3 nitrogen and oxygen atoms in total. The molecule has 0 aromatic heterocycles. The van der Waals surface area contributed by atoms with Crippen LogP contribution in [0.15, 0.2) is 36.4 Å². The molecule has 0 amide bonds. The van der Waals surface area contributed by atoms with Gasteiger partial charge in [-0.3, -0.25) is 0 Å². The Labute approximate surface area is 109 Å². The summed E-state index contributed by atoms with van der Waals surface area (Å²) in [7, 11) is 1.48. The fraction of sp³-hybridized carbons (Fsp3) is 0.0769. The van der Waals surface area contributed by atoms with Gasteiger partial charge in [0.15, 0.2) is 0 Å². The molecule has 2 rings (SSSR count). The third-order valence-corrected chi connectivity index (χ3v) is 2.63. The Morgan fingerprint density at radius 1 is 1.22 bits per heavy atom. The van der Waals surface area contributed by atoms with Gasteiger partial charge in [0, 0.05) is 22.8 Å². The third kappa shape index (κ3) is 2.84. The smallest absolute Gasteiger partial charge is 0.128 e. The van der Waals surface area contributed by atoms with E-state index in [2.05, 4.69) is 5.32 Å². The molecule has 0 saturated carbocycles. The van der Waals surface area contributed by atoms with E-state index in [4.69, 9.17) is 22.1 Å². The van der Waals surface area contributed by atoms with Crippen LogP contribution < -0.4 is 15.8 Å². The number of nitrogens with one attached hydrogen (secondary N) is 1. The molecule has 0 heterocycles. The van der Waals surface area contributed by atoms with Crippen molar-refractivity contribution in [3.8, 4) is 5.75 Å². The summed E-state index contributed by atoms with van der Waals surface area (Å²) in [5.74, 6) is 0.0504. The van der Waals surface area contributed by atoms with E-state index in [0.717, 1.165) is 0 Å². The quantitative estimate of drug-likeness (QED) is 0.831. The molecule has 0 atom stereocenters. The van der Waals surface area contributed by atoms with Gasteiger partial charge >= 0.3 is 0 Å². The normalized spacial score (nSPS) is 10.2. The van der Waals surface area contributed by atoms with Crippen LogP contribution >= 0.6 is 11.6 Å². The maximum absolute atomic E-state index is 13.3. The minimum Gasteiger partial charge on any atom is -0.497 e. The molecular weight excluding hydrogens is 255 g/mol. The van der Waals surface area contributed by atoms with E-state index in [1.807, 2.05) is 0 Å². The summed E-state index contributed by atoms with van der Waals surface area (Å²) in [5, 5.41) is 3.56. The largest absolute Gasteiger partial charge is 0.497 e. The molecule has 0 saturated heterocycles. The number of anilines is 3. The van der Waals surface area contributed by atoms with Crippen LogP contribution in [0.2, 0.25) is 5.02 Å². The maximum atomic E-state index is 13.3. The van der Waals surface area contributed by atoms with E-state index in [-0.39, 0.29) is 5.82 Å². The lowest BCUT2D eigenvalue weighted by molar-refractivity contribution is 0.411. The van der Waals surface area contributed by atoms with E-state index in [1.54, 1.807) is 24.3 Å². The third-order valence-electron chi connectivity index (χ3n) is 2.40. The summed E-state index contributed by atoms with van der Waals surface area (Å²) in [6, 6.07) is 9.40. The van der Waals surface area contributed by atoms with Gasteiger partial charge in [-0.2, -0.15) is 0 Å². The first-order valence-corrected chi connectivity index (χ1v) is 5.63. The summed E-state index contributed by atoms with van der Waals surface area (Å²) in [4.78, 5) is 0. The summed E-state index contributed by atoms with van der Waals surface area (Å²) in [5.41, 5.74) is 7.51. The fourth-order valence-corrected chi connectivity index (χ4v) is 1.74. The van der Waals surface area contributed by atoms with Gasteiger partial charge in [-0.1, -0.05) is 11.6 Å². The Kier molecular flexibility index (Phi) is 3.58. The molecule has 0 fully saturated rings. The van der Waals surface area contributed by atoms with Crippen molar-refractivity contribution in [3.63, 3.8) is 0 Å². The standard InChI is InChI=1S/C13H12ClFN2O/c1-18-11-6-9(15)5-10(7-11)17-13-3-2-8(14)4-12(13)16/h2-7,17H,16H2,1H3. The highest BCUT2D eigenvalue weighted by Gasteiger charge is 2.04. The van der Waals surface area contributed by atoms with Crippen LogP contribution in [0.25, 0.3) is 0 Å². The molecule has 0 unspecified atom stereocenters. The zero-order valence-corrected chi connectivity index (χ0v) is 10.5. The van der Waals surface area contributed by atoms with Crippen molar-refractivity contribution < 1.29 is 9.13 Å². The van der Waals surface area contributed by atoms with Crippen LogP contribution in [0.1, 0.15) is 0 Å². The number of rotatable bonds is 3. The lowest BCUT2D eigenvalue weighted by Gasteiger charge is -2.11. The van der Waals surface area contributed by atoms with E-state index < -0.39 is 0 Å². The average Bonchev–Trinajstić information content (AvgIpc) is 2.32. The van der Waals surface area contributed by atoms with Gasteiger partial charge in [0.25, 0.3) is 0 Å². The number of hydrogen-bond acceptors (Lipinski definition) is 3. The number of nitrogens with two attached hydrogens (primary N) is 1. The molecule has 0 spiro atoms. The SMILES string of the molecule is COc1cc(F)cc(Nc2ccc(Cl)cc2N)c1. The second kappa shape index (κ2) is 5.14. The predicted octanol–water partition coefficient (Wildman–Crippen LogP) is 3.81. The van der Waals surface area contributed by atoms with Gasteiger partial charge in [-0.15, -0.1) is 0 Å². The predicted molar refractivity (Wildman–Crippen MR) is 72.1 cm³/mol. The van der Waals surface area contributed by atoms with Gasteiger partial charge < -0.3 is 15.8 Å². The molecule has 2 aromatic rings. The molecule has 3 N–H and O–H groups in total. The van der Waals surface area contributed by atoms with Crippen molar-refractivity contribution in [2.75, 3.05) is 18.2 Å². The lowest BCUT2D eigenvalue weighted by atomic mass is 10.2. The van der Waals surface area contributed by atoms with Crippen LogP contribution in [-0.4, -0.2) is 7.11 Å². The summed E-state index contributed by atoms with van der Waals surface area (Å²) in [6.45, 7) is 0. The lowest BCUT2D eigenvalue weighted by Crippen LogP contribution is -1.97. The average molecular weight is 267 g/mol. The highest BCUT2D eigenvalue weighted by molar-refractivity contribution is 6.31. The zero-order chi connectivity index (χ0) is 13.1. The Morgan fingerprint density at radius 3 is 2.67 bits per heavy atom. The molecule has 94 valence electrons. The van der Waals surface area contributed by atoms with E-state index in [1.165, 1.54) is 19.2 Å². The van der Waals surface area contributed by atoms with E-state index >= 15 is 0 Å². The fourth-order valence-electron chi connectivity index (χ4n) is 1.56. The van der Waals surface area contributed by atoms with Gasteiger partial charge in [0.1, 0.15) is 11.6 Å². The highest BCUT2D eigenvalue weighted by Crippen LogP contribution is 2.28. The monoisotopic (exact) mass is 266 g/mol. The zero-order valence-electron chi connectivity index (χ0n) is 9.71. The van der Waals surface area contributed by atoms with Crippen LogP contribution in [0.4, 0.5) is 21.5 Å². The first-order valence-electron chi connectivity index (χ1n) is 5.25. The maximum Gasteiger partial charge on any atom is 0.128 e. The van der Waals surface area contributed by atoms with Crippen molar-refractivity contribution in [2.24, 2.45) is 0 Å². The van der Waals surface area contributed by atoms with Gasteiger partial charge in [0.05, 0.1) is 18.5 Å². The Balaban J connectivity index is 2.30. The van der Waals surface area contributed by atoms with Crippen molar-refractivity contribution >= 4 is 28.7 Å². The molecule has 0 aliphatic rings. The van der Waals surface area contributed by atoms with Crippen LogP contribution in [0.5, 0.6) is 5.75 Å². The van der Waals surface area contributed by atoms with E-state index in [0.29, 0.717) is 27.8 Å². The number of hydrogen-bond donors (Lipinski definition) is 2. The van der Waals surface area contributed by atoms with Crippen LogP contribution in [-0.2, 0) is 0 Å². The Bertz CT molecular complexity index is 575. The molecule has 0 aliphatic heterocycles. The topological polar surface area (TPSA) is 47.3 Å². The molecule has 5 heteroatoms. The van der Waals surface area contributed by atoms with Crippen LogP contribution in [0, 0.1) is 5.82 Å². The molecule has 0 bridgehead atoms. The first kappa shape index (κ1) is 12.5. The van der Waals surface area contributed by atoms with Gasteiger partial charge in [0.2, 0.25) is 0 Å². The molecule has 0 radical (unpaired) electrons. The second-order valence-corrected chi connectivity index (χ2v) is 4.17. The van der Waals surface area contributed by atoms with E-state index in [9.17, 15) is 4.39 Å². The van der Waals surface area contributed by atoms with Crippen molar-refractivity contribution in [1.29, 1.82) is 0 Å². The van der Waals surface area contributed by atoms with Crippen LogP contribution in [0.3, 0.4) is 0 Å². The number of ether oxygens (including phenoxy) is 1. The first-order chi connectivity index (χ1) is 8.58. The van der Waals surface area contributed by atoms with Crippen molar-refractivity contribution in [1.82, 2.24) is 0 Å². The Hall–Kier alpha value is -1.94. The van der Waals surface area contributed by atoms with Gasteiger partial charge in [-0.25, -0.2) is 4.39 Å². The van der Waals surface area contributed by atoms with Gasteiger partial charge in [-0.05, 0) is 24.3 Å². The Morgan fingerprint density at radius 2 is 2.00 bits per heavy atom. The number of benzene rings is 2. The minimum atomic E-state index is -0.385. The number of methoxy groups -OCH3 is 1. The number of halogens is 2. The molecule has 18 heavy (non-hydrogen) atoms. The minimum absolute atomic E-state index is 0.385. The highest BCUT2D eigenvalue weighted by atomic mass is 35.5. The second-order valence-electron chi connectivity index (χ2n) is 3.74. The summed E-state index contributed by atoms with van der Waals surface area (Å²) >= 11 is 5.81. The molecular formula is C13H12ClFN2O. The summed E-state index contributed by atoms with van der Waals surface area (Å²) in [6.07, 6.45) is 0. The summed E-state index contributed by atoms with van der Waals surface area (Å²) < 4.78 is 18.3. The van der Waals surface area contributed by atoms with Crippen molar-refractivity contribution in [2.45, 2.75) is 0 Å².